The molecule has 2 aliphatic rings. The van der Waals surface area contributed by atoms with Crippen LogP contribution in [0.2, 0.25) is 0 Å². The molecule has 228 valence electrons. The predicted octanol–water partition coefficient (Wildman–Crippen LogP) is 5.28. The number of fused-ring (bicyclic) bond motifs is 1. The van der Waals surface area contributed by atoms with Crippen LogP contribution in [0.3, 0.4) is 0 Å². The molecule has 0 aliphatic carbocycles. The van der Waals surface area contributed by atoms with Crippen molar-refractivity contribution in [3.63, 3.8) is 0 Å². The summed E-state index contributed by atoms with van der Waals surface area (Å²) in [6.07, 6.45) is 1.03. The zero-order chi connectivity index (χ0) is 30.7. The van der Waals surface area contributed by atoms with E-state index in [-0.39, 0.29) is 49.9 Å². The molecule has 1 fully saturated rings. The van der Waals surface area contributed by atoms with Crippen LogP contribution in [-0.2, 0) is 27.2 Å². The van der Waals surface area contributed by atoms with Gasteiger partial charge in [0.05, 0.1) is 12.5 Å². The maximum Gasteiger partial charge on any atom is 0.309 e. The molecule has 0 aromatic heterocycles. The average molecular weight is 597 g/mol. The molecule has 1 amide bonds. The van der Waals surface area contributed by atoms with E-state index in [1.165, 1.54) is 25.3 Å². The summed E-state index contributed by atoms with van der Waals surface area (Å²) in [6, 6.07) is 11.9. The number of aliphatic carboxylic acids is 1. The van der Waals surface area contributed by atoms with Crippen LogP contribution >= 0.6 is 0 Å². The summed E-state index contributed by atoms with van der Waals surface area (Å²) in [4.78, 5) is 28.2. The number of amides is 1. The molecule has 0 spiro atoms. The number of hydrogen-bond donors (Lipinski definition) is 2. The quantitative estimate of drug-likeness (QED) is 0.288. The molecular weight excluding hydrogens is 562 g/mol. The van der Waals surface area contributed by atoms with Crippen LogP contribution in [0.4, 0.5) is 14.5 Å². The number of aryl methyl sites for hydroxylation is 2. The third-order valence-electron chi connectivity index (χ3n) is 7.97. The number of benzene rings is 3. The van der Waals surface area contributed by atoms with E-state index in [4.69, 9.17) is 18.9 Å². The number of halogens is 2. The van der Waals surface area contributed by atoms with E-state index in [9.17, 15) is 23.5 Å². The number of ether oxygens (including phenoxy) is 4. The molecule has 5 rings (SSSR count). The zero-order valence-electron chi connectivity index (χ0n) is 24.2. The molecule has 3 aromatic rings. The van der Waals surface area contributed by atoms with E-state index in [1.54, 1.807) is 35.2 Å². The number of likely N-dealkylation sites (tertiary alicyclic amines) is 1. The van der Waals surface area contributed by atoms with Gasteiger partial charge in [0, 0.05) is 31.3 Å². The van der Waals surface area contributed by atoms with Crippen molar-refractivity contribution in [1.29, 1.82) is 0 Å². The Bertz CT molecular complexity index is 1470. The van der Waals surface area contributed by atoms with E-state index in [2.05, 4.69) is 5.32 Å². The number of hydrogen-bond acceptors (Lipinski definition) is 7. The second-order valence-corrected chi connectivity index (χ2v) is 10.6. The highest BCUT2D eigenvalue weighted by Crippen LogP contribution is 2.48. The number of anilines is 1. The normalized spacial score (nSPS) is 19.4. The third-order valence-corrected chi connectivity index (χ3v) is 7.97. The predicted molar refractivity (Wildman–Crippen MR) is 153 cm³/mol. The number of rotatable bonds is 11. The van der Waals surface area contributed by atoms with Crippen molar-refractivity contribution in [3.05, 3.63) is 82.4 Å². The summed E-state index contributed by atoms with van der Waals surface area (Å²) in [5, 5.41) is 13.5. The minimum Gasteiger partial charge on any atom is -0.481 e. The Morgan fingerprint density at radius 1 is 1.02 bits per heavy atom. The number of carboxylic acid groups (broad SMARTS) is 1. The lowest BCUT2D eigenvalue weighted by atomic mass is 9.82. The Morgan fingerprint density at radius 2 is 1.72 bits per heavy atom. The van der Waals surface area contributed by atoms with Gasteiger partial charge in [0.15, 0.2) is 18.4 Å². The molecule has 2 aliphatic heterocycles. The van der Waals surface area contributed by atoms with Crippen molar-refractivity contribution in [1.82, 2.24) is 4.90 Å². The Kier molecular flexibility index (Phi) is 9.12. The molecule has 43 heavy (non-hydrogen) atoms. The molecule has 3 aromatic carbocycles. The van der Waals surface area contributed by atoms with Crippen molar-refractivity contribution >= 4 is 17.6 Å². The Hall–Kier alpha value is -4.22. The number of carbonyl (C=O) groups is 2. The lowest BCUT2D eigenvalue weighted by Crippen LogP contribution is -2.35. The summed E-state index contributed by atoms with van der Waals surface area (Å²) < 4.78 is 50.2. The van der Waals surface area contributed by atoms with Crippen LogP contribution in [0.25, 0.3) is 0 Å². The van der Waals surface area contributed by atoms with Gasteiger partial charge in [-0.2, -0.15) is 0 Å². The van der Waals surface area contributed by atoms with E-state index in [1.807, 2.05) is 13.8 Å². The van der Waals surface area contributed by atoms with Crippen molar-refractivity contribution in [2.45, 2.75) is 38.6 Å². The summed E-state index contributed by atoms with van der Waals surface area (Å²) in [7, 11) is 1.51. The maximum absolute atomic E-state index is 14.9. The van der Waals surface area contributed by atoms with Gasteiger partial charge in [0.2, 0.25) is 18.4 Å². The number of nitrogens with zero attached hydrogens (tertiary/aromatic N) is 1. The van der Waals surface area contributed by atoms with E-state index in [0.29, 0.717) is 46.5 Å². The largest absolute Gasteiger partial charge is 0.481 e. The minimum absolute atomic E-state index is 0.00851. The van der Waals surface area contributed by atoms with Gasteiger partial charge < -0.3 is 29.4 Å². The highest BCUT2D eigenvalue weighted by atomic mass is 19.1. The molecule has 0 saturated carbocycles. The molecular formula is C32H34F2N2O7. The Balaban J connectivity index is 1.50. The number of methoxy groups -OCH3 is 1. The van der Waals surface area contributed by atoms with Gasteiger partial charge in [-0.05, 0) is 71.5 Å². The first-order valence-corrected chi connectivity index (χ1v) is 14.1. The first kappa shape index (κ1) is 30.2. The maximum atomic E-state index is 14.9. The molecule has 0 bridgehead atoms. The van der Waals surface area contributed by atoms with Crippen LogP contribution in [0, 0.1) is 17.6 Å². The molecule has 1 unspecified atom stereocenters. The molecule has 2 N–H and O–H groups in total. The zero-order valence-corrected chi connectivity index (χ0v) is 24.2. The lowest BCUT2D eigenvalue weighted by molar-refractivity contribution is -0.143. The first-order valence-electron chi connectivity index (χ1n) is 14.1. The number of carbonyl (C=O) groups excluding carboxylic acids is 1. The summed E-state index contributed by atoms with van der Waals surface area (Å²) >= 11 is 0. The van der Waals surface area contributed by atoms with E-state index in [0.717, 1.165) is 0 Å². The van der Waals surface area contributed by atoms with Gasteiger partial charge in [0.25, 0.3) is 0 Å². The van der Waals surface area contributed by atoms with Crippen molar-refractivity contribution in [3.8, 4) is 17.2 Å². The SMILES string of the molecule is CCc1cc(F)cc(CC)c1NC(=O)CN1C[C@H](c2cc(F)c3c(c2)OCO3)C(C(=O)O)[C@@H]1c1ccc(OCOC)cc1. The summed E-state index contributed by atoms with van der Waals surface area (Å²) in [5.74, 6) is -3.44. The highest BCUT2D eigenvalue weighted by Gasteiger charge is 2.48. The smallest absolute Gasteiger partial charge is 0.309 e. The molecule has 11 heteroatoms. The fraction of sp³-hybridized carbons (Fsp3) is 0.375. The lowest BCUT2D eigenvalue weighted by Gasteiger charge is -2.27. The number of carboxylic acids is 1. The van der Waals surface area contributed by atoms with Crippen LogP contribution in [0.1, 0.15) is 48.1 Å². The van der Waals surface area contributed by atoms with Gasteiger partial charge in [-0.1, -0.05) is 26.0 Å². The summed E-state index contributed by atoms with van der Waals surface area (Å²) in [6.45, 7) is 3.69. The van der Waals surface area contributed by atoms with Gasteiger partial charge in [-0.15, -0.1) is 0 Å². The van der Waals surface area contributed by atoms with Crippen molar-refractivity contribution in [2.24, 2.45) is 5.92 Å². The molecule has 2 heterocycles. The minimum atomic E-state index is -1.09. The second-order valence-electron chi connectivity index (χ2n) is 10.6. The monoisotopic (exact) mass is 596 g/mol. The van der Waals surface area contributed by atoms with Crippen molar-refractivity contribution < 1.29 is 42.4 Å². The van der Waals surface area contributed by atoms with E-state index >= 15 is 0 Å². The van der Waals surface area contributed by atoms with Crippen LogP contribution < -0.4 is 19.5 Å². The Morgan fingerprint density at radius 3 is 2.35 bits per heavy atom. The molecule has 1 saturated heterocycles. The average Bonchev–Trinajstić information content (AvgIpc) is 3.62. The topological polar surface area (TPSA) is 107 Å². The van der Waals surface area contributed by atoms with Gasteiger partial charge in [-0.3, -0.25) is 14.5 Å². The van der Waals surface area contributed by atoms with Crippen molar-refractivity contribution in [2.75, 3.05) is 39.1 Å². The molecule has 3 atom stereocenters. The van der Waals surface area contributed by atoms with Gasteiger partial charge in [0.1, 0.15) is 11.6 Å². The molecule has 9 nitrogen and oxygen atoms in total. The van der Waals surface area contributed by atoms with Crippen LogP contribution in [0.5, 0.6) is 17.2 Å². The van der Waals surface area contributed by atoms with Gasteiger partial charge in [-0.25, -0.2) is 8.78 Å². The van der Waals surface area contributed by atoms with Gasteiger partial charge >= 0.3 is 5.97 Å². The van der Waals surface area contributed by atoms with Crippen LogP contribution in [0.15, 0.2) is 48.5 Å². The standard InChI is InChI=1S/C32H34F2N2O7/c1-4-18-10-22(33)11-19(5-2)29(18)35-27(37)15-36-14-24(21-12-25(34)31-26(13-21)42-17-43-31)28(32(38)39)30(36)20-6-8-23(9-7-20)41-16-40-3/h6-13,24,28,30H,4-5,14-17H2,1-3H3,(H,35,37)(H,38,39)/t24-,28?,30+/m1/s1. The highest BCUT2D eigenvalue weighted by molar-refractivity contribution is 5.94. The molecule has 0 radical (unpaired) electrons. The fourth-order valence-electron chi connectivity index (χ4n) is 6.02. The first-order chi connectivity index (χ1) is 20.7. The second kappa shape index (κ2) is 13.0. The fourth-order valence-corrected chi connectivity index (χ4v) is 6.02. The van der Waals surface area contributed by atoms with E-state index < -0.39 is 29.7 Å². The number of nitrogens with one attached hydrogen (secondary N) is 1. The Labute approximate surface area is 248 Å². The third kappa shape index (κ3) is 6.28. The summed E-state index contributed by atoms with van der Waals surface area (Å²) in [5.41, 5.74) is 3.00. The van der Waals surface area contributed by atoms with Crippen LogP contribution in [-0.4, -0.2) is 55.7 Å².